The monoisotopic (exact) mass is 117 g/mol. The summed E-state index contributed by atoms with van der Waals surface area (Å²) in [7, 11) is 0. The van der Waals surface area contributed by atoms with E-state index in [-0.39, 0.29) is 6.61 Å². The van der Waals surface area contributed by atoms with Gasteiger partial charge in [-0.05, 0) is 12.8 Å². The van der Waals surface area contributed by atoms with Crippen molar-refractivity contribution in [2.75, 3.05) is 6.61 Å². The van der Waals surface area contributed by atoms with Crippen LogP contribution >= 0.6 is 0 Å². The Balaban J connectivity index is 3.71. The first-order valence-corrected chi connectivity index (χ1v) is 2.90. The molecule has 0 aromatic rings. The minimum atomic E-state index is -0.403. The molecule has 0 fully saturated rings. The molecule has 0 amide bonds. The largest absolute Gasteiger partial charge is 0.394 e. The summed E-state index contributed by atoms with van der Waals surface area (Å²) in [6.07, 6.45) is 0. The molecule has 1 unspecified atom stereocenters. The number of nitrogens with two attached hydrogens (primary N) is 1. The van der Waals surface area contributed by atoms with Crippen molar-refractivity contribution in [2.45, 2.75) is 26.3 Å². The Hall–Kier alpha value is -0.0800. The van der Waals surface area contributed by atoms with Gasteiger partial charge < -0.3 is 10.8 Å². The van der Waals surface area contributed by atoms with Gasteiger partial charge in [-0.25, -0.2) is 0 Å². The SMILES string of the molecule is CC(C)C(C)(N)CO. The topological polar surface area (TPSA) is 46.2 Å². The molecule has 50 valence electrons. The van der Waals surface area contributed by atoms with E-state index < -0.39 is 5.54 Å². The van der Waals surface area contributed by atoms with E-state index in [1.807, 2.05) is 20.8 Å². The quantitative estimate of drug-likeness (QED) is 0.548. The average molecular weight is 117 g/mol. The minimum Gasteiger partial charge on any atom is -0.394 e. The smallest absolute Gasteiger partial charge is 0.0611 e. The third-order valence-electron chi connectivity index (χ3n) is 1.66. The summed E-state index contributed by atoms with van der Waals surface area (Å²) in [6.45, 7) is 5.90. The van der Waals surface area contributed by atoms with E-state index in [0.29, 0.717) is 5.92 Å². The van der Waals surface area contributed by atoms with Gasteiger partial charge in [0, 0.05) is 5.54 Å². The molecule has 0 saturated carbocycles. The number of aliphatic hydroxyl groups excluding tert-OH is 1. The molecule has 2 heteroatoms. The van der Waals surface area contributed by atoms with E-state index in [9.17, 15) is 0 Å². The molecule has 2 nitrogen and oxygen atoms in total. The van der Waals surface area contributed by atoms with Gasteiger partial charge in [-0.3, -0.25) is 0 Å². The molecule has 0 aromatic heterocycles. The maximum Gasteiger partial charge on any atom is 0.0611 e. The standard InChI is InChI=1S/C6H15NO/c1-5(2)6(3,7)4-8/h5,8H,4,7H2,1-3H3. The Morgan fingerprint density at radius 3 is 2.00 bits per heavy atom. The van der Waals surface area contributed by atoms with Gasteiger partial charge in [-0.15, -0.1) is 0 Å². The fourth-order valence-corrected chi connectivity index (χ4v) is 0.183. The molecular weight excluding hydrogens is 102 g/mol. The number of hydrogen-bond donors (Lipinski definition) is 2. The van der Waals surface area contributed by atoms with Gasteiger partial charge in [0.1, 0.15) is 0 Å². The Morgan fingerprint density at radius 1 is 1.62 bits per heavy atom. The van der Waals surface area contributed by atoms with E-state index in [1.54, 1.807) is 0 Å². The Kier molecular flexibility index (Phi) is 2.44. The first-order valence-electron chi connectivity index (χ1n) is 2.90. The van der Waals surface area contributed by atoms with Crippen LogP contribution in [0, 0.1) is 5.92 Å². The van der Waals surface area contributed by atoms with Crippen LogP contribution in [0.15, 0.2) is 0 Å². The Morgan fingerprint density at radius 2 is 2.00 bits per heavy atom. The normalized spacial score (nSPS) is 18.8. The Bertz CT molecular complexity index is 68.9. The maximum atomic E-state index is 8.64. The third-order valence-corrected chi connectivity index (χ3v) is 1.66. The molecule has 0 heterocycles. The van der Waals surface area contributed by atoms with Crippen molar-refractivity contribution < 1.29 is 5.11 Å². The van der Waals surface area contributed by atoms with Crippen LogP contribution in [0.3, 0.4) is 0 Å². The summed E-state index contributed by atoms with van der Waals surface area (Å²) in [5.41, 5.74) is 5.21. The zero-order valence-corrected chi connectivity index (χ0v) is 5.81. The van der Waals surface area contributed by atoms with Crippen molar-refractivity contribution in [1.82, 2.24) is 0 Å². The van der Waals surface area contributed by atoms with E-state index in [4.69, 9.17) is 10.8 Å². The van der Waals surface area contributed by atoms with Crippen LogP contribution in [0.5, 0.6) is 0 Å². The molecule has 0 radical (unpaired) electrons. The summed E-state index contributed by atoms with van der Waals surface area (Å²) in [5, 5.41) is 8.64. The lowest BCUT2D eigenvalue weighted by Crippen LogP contribution is -2.45. The molecule has 0 aliphatic rings. The summed E-state index contributed by atoms with van der Waals surface area (Å²) in [4.78, 5) is 0. The molecule has 8 heavy (non-hydrogen) atoms. The van der Waals surface area contributed by atoms with Crippen LogP contribution < -0.4 is 5.73 Å². The highest BCUT2D eigenvalue weighted by atomic mass is 16.3. The summed E-state index contributed by atoms with van der Waals surface area (Å²) >= 11 is 0. The maximum absolute atomic E-state index is 8.64. The predicted octanol–water partition coefficient (Wildman–Crippen LogP) is 0.352. The summed E-state index contributed by atoms with van der Waals surface area (Å²) in [6, 6.07) is 0. The summed E-state index contributed by atoms with van der Waals surface area (Å²) < 4.78 is 0. The average Bonchev–Trinajstić information content (AvgIpc) is 1.67. The van der Waals surface area contributed by atoms with Gasteiger partial charge in [0.05, 0.1) is 6.61 Å². The third kappa shape index (κ3) is 1.80. The highest BCUT2D eigenvalue weighted by molar-refractivity contribution is 4.80. The van der Waals surface area contributed by atoms with Crippen molar-refractivity contribution in [3.63, 3.8) is 0 Å². The highest BCUT2D eigenvalue weighted by Gasteiger charge is 2.20. The number of hydrogen-bond acceptors (Lipinski definition) is 2. The molecular formula is C6H15NO. The van der Waals surface area contributed by atoms with Gasteiger partial charge >= 0.3 is 0 Å². The number of rotatable bonds is 2. The zero-order valence-electron chi connectivity index (χ0n) is 5.81. The second kappa shape index (κ2) is 2.46. The fourth-order valence-electron chi connectivity index (χ4n) is 0.183. The Labute approximate surface area is 50.7 Å². The first-order chi connectivity index (χ1) is 3.50. The van der Waals surface area contributed by atoms with Crippen molar-refractivity contribution in [3.8, 4) is 0 Å². The second-order valence-corrected chi connectivity index (χ2v) is 2.82. The molecule has 0 rings (SSSR count). The van der Waals surface area contributed by atoms with E-state index in [0.717, 1.165) is 0 Å². The van der Waals surface area contributed by atoms with Gasteiger partial charge in [0.15, 0.2) is 0 Å². The molecule has 0 aliphatic heterocycles. The van der Waals surface area contributed by atoms with Gasteiger partial charge in [0.25, 0.3) is 0 Å². The zero-order chi connectivity index (χ0) is 6.78. The van der Waals surface area contributed by atoms with Gasteiger partial charge in [0.2, 0.25) is 0 Å². The van der Waals surface area contributed by atoms with Crippen molar-refractivity contribution in [3.05, 3.63) is 0 Å². The number of aliphatic hydroxyl groups is 1. The molecule has 1 atom stereocenters. The lowest BCUT2D eigenvalue weighted by atomic mass is 9.91. The van der Waals surface area contributed by atoms with Gasteiger partial charge in [-0.2, -0.15) is 0 Å². The van der Waals surface area contributed by atoms with Crippen LogP contribution in [0.25, 0.3) is 0 Å². The molecule has 0 bridgehead atoms. The van der Waals surface area contributed by atoms with Crippen molar-refractivity contribution in [2.24, 2.45) is 11.7 Å². The minimum absolute atomic E-state index is 0.0602. The van der Waals surface area contributed by atoms with Crippen LogP contribution in [0.1, 0.15) is 20.8 Å². The van der Waals surface area contributed by atoms with Crippen LogP contribution in [0.2, 0.25) is 0 Å². The van der Waals surface area contributed by atoms with Crippen LogP contribution in [0.4, 0.5) is 0 Å². The van der Waals surface area contributed by atoms with Crippen LogP contribution in [-0.2, 0) is 0 Å². The van der Waals surface area contributed by atoms with E-state index >= 15 is 0 Å². The predicted molar refractivity (Wildman–Crippen MR) is 34.5 cm³/mol. The first kappa shape index (κ1) is 7.92. The lowest BCUT2D eigenvalue weighted by Gasteiger charge is -2.25. The molecule has 0 aromatic carbocycles. The molecule has 0 saturated heterocycles. The van der Waals surface area contributed by atoms with Gasteiger partial charge in [-0.1, -0.05) is 13.8 Å². The van der Waals surface area contributed by atoms with E-state index in [1.165, 1.54) is 0 Å². The highest BCUT2D eigenvalue weighted by Crippen LogP contribution is 2.10. The molecule has 0 aliphatic carbocycles. The summed E-state index contributed by atoms with van der Waals surface area (Å²) in [5.74, 6) is 0.340. The second-order valence-electron chi connectivity index (χ2n) is 2.82. The lowest BCUT2D eigenvalue weighted by molar-refractivity contribution is 0.170. The van der Waals surface area contributed by atoms with E-state index in [2.05, 4.69) is 0 Å². The van der Waals surface area contributed by atoms with Crippen molar-refractivity contribution in [1.29, 1.82) is 0 Å². The van der Waals surface area contributed by atoms with Crippen molar-refractivity contribution >= 4 is 0 Å². The fraction of sp³-hybridized carbons (Fsp3) is 1.00. The molecule has 0 spiro atoms. The molecule has 3 N–H and O–H groups in total. The van der Waals surface area contributed by atoms with Crippen LogP contribution in [-0.4, -0.2) is 17.3 Å².